The van der Waals surface area contributed by atoms with E-state index in [2.05, 4.69) is 10.3 Å². The van der Waals surface area contributed by atoms with Crippen LogP contribution in [-0.2, 0) is 6.54 Å². The topological polar surface area (TPSA) is 45.1 Å². The van der Waals surface area contributed by atoms with Crippen LogP contribution in [0.4, 0.5) is 4.39 Å². The monoisotopic (exact) mass is 320 g/mol. The summed E-state index contributed by atoms with van der Waals surface area (Å²) < 4.78 is 12.9. The summed E-state index contributed by atoms with van der Waals surface area (Å²) in [6.07, 6.45) is 4.53. The number of hydrogen-bond donors (Lipinski definition) is 2. The Hall–Kier alpha value is -1.30. The summed E-state index contributed by atoms with van der Waals surface area (Å²) in [6, 6.07) is 6.39. The highest BCUT2D eigenvalue weighted by Gasteiger charge is 2.22. The molecule has 2 N–H and O–H groups in total. The van der Waals surface area contributed by atoms with E-state index in [1.807, 2.05) is 5.38 Å². The average Bonchev–Trinajstić information content (AvgIpc) is 3.19. The molecule has 22 heavy (non-hydrogen) atoms. The lowest BCUT2D eigenvalue weighted by molar-refractivity contribution is 0.109. The second-order valence-electron chi connectivity index (χ2n) is 5.89. The van der Waals surface area contributed by atoms with Gasteiger partial charge in [-0.2, -0.15) is 0 Å². The van der Waals surface area contributed by atoms with Crippen LogP contribution in [0.2, 0.25) is 0 Å². The molecule has 0 radical (unpaired) electrons. The Morgan fingerprint density at radius 1 is 1.27 bits per heavy atom. The maximum absolute atomic E-state index is 12.9. The molecule has 1 aromatic heterocycles. The molecule has 1 unspecified atom stereocenters. The van der Waals surface area contributed by atoms with E-state index in [-0.39, 0.29) is 11.9 Å². The molecule has 1 fully saturated rings. The van der Waals surface area contributed by atoms with Gasteiger partial charge in [-0.1, -0.05) is 12.8 Å². The van der Waals surface area contributed by atoms with Gasteiger partial charge in [0.25, 0.3) is 0 Å². The number of aromatic nitrogens is 1. The molecule has 0 aliphatic heterocycles. The number of nitrogens with zero attached hydrogens (tertiary/aromatic N) is 1. The third kappa shape index (κ3) is 3.91. The zero-order valence-electron chi connectivity index (χ0n) is 12.5. The molecule has 1 aliphatic rings. The molecule has 3 nitrogen and oxygen atoms in total. The lowest BCUT2D eigenvalue weighted by Gasteiger charge is -2.17. The van der Waals surface area contributed by atoms with Crippen molar-refractivity contribution in [2.24, 2.45) is 5.92 Å². The van der Waals surface area contributed by atoms with Crippen LogP contribution in [0, 0.1) is 11.7 Å². The lowest BCUT2D eigenvalue weighted by atomic mass is 10.0. The van der Waals surface area contributed by atoms with Crippen molar-refractivity contribution in [2.75, 3.05) is 6.54 Å². The standard InChI is InChI=1S/C17H21FN2OS/c18-14-7-5-13(6-8-14)17-20-15(11-22-17)9-19-10-16(21)12-3-1-2-4-12/h5-8,11-12,16,19,21H,1-4,9-10H2. The Bertz CT molecular complexity index is 593. The molecule has 118 valence electrons. The number of aliphatic hydroxyl groups excluding tert-OH is 1. The zero-order chi connectivity index (χ0) is 15.4. The second kappa shape index (κ2) is 7.31. The highest BCUT2D eigenvalue weighted by Crippen LogP contribution is 2.27. The summed E-state index contributed by atoms with van der Waals surface area (Å²) in [7, 11) is 0. The number of hydrogen-bond acceptors (Lipinski definition) is 4. The zero-order valence-corrected chi connectivity index (χ0v) is 13.3. The van der Waals surface area contributed by atoms with Crippen molar-refractivity contribution in [2.45, 2.75) is 38.3 Å². The molecule has 3 rings (SSSR count). The van der Waals surface area contributed by atoms with Crippen LogP contribution in [0.5, 0.6) is 0 Å². The molecule has 1 aliphatic carbocycles. The van der Waals surface area contributed by atoms with Crippen LogP contribution in [0.25, 0.3) is 10.6 Å². The molecule has 1 aromatic carbocycles. The number of thiazole rings is 1. The summed E-state index contributed by atoms with van der Waals surface area (Å²) in [6.45, 7) is 1.27. The van der Waals surface area contributed by atoms with Crippen molar-refractivity contribution in [3.63, 3.8) is 0 Å². The Labute approximate surface area is 134 Å². The van der Waals surface area contributed by atoms with Crippen molar-refractivity contribution in [3.8, 4) is 10.6 Å². The normalized spacial score (nSPS) is 17.0. The summed E-state index contributed by atoms with van der Waals surface area (Å²) in [5.41, 5.74) is 1.89. The van der Waals surface area contributed by atoms with Gasteiger partial charge in [-0.05, 0) is 43.0 Å². The minimum Gasteiger partial charge on any atom is -0.392 e. The van der Waals surface area contributed by atoms with Crippen LogP contribution in [-0.4, -0.2) is 22.7 Å². The maximum atomic E-state index is 12.9. The second-order valence-corrected chi connectivity index (χ2v) is 6.75. The predicted octanol–water partition coefficient (Wildman–Crippen LogP) is 3.59. The van der Waals surface area contributed by atoms with Gasteiger partial charge in [0.2, 0.25) is 0 Å². The minimum atomic E-state index is -0.252. The van der Waals surface area contributed by atoms with Crippen LogP contribution < -0.4 is 5.32 Å². The highest BCUT2D eigenvalue weighted by atomic mass is 32.1. The molecule has 0 amide bonds. The van der Waals surface area contributed by atoms with E-state index < -0.39 is 0 Å². The van der Waals surface area contributed by atoms with Gasteiger partial charge < -0.3 is 10.4 Å². The predicted molar refractivity (Wildman–Crippen MR) is 87.2 cm³/mol. The highest BCUT2D eigenvalue weighted by molar-refractivity contribution is 7.13. The van der Waals surface area contributed by atoms with Crippen molar-refractivity contribution in [3.05, 3.63) is 41.2 Å². The molecule has 1 heterocycles. The van der Waals surface area contributed by atoms with Gasteiger partial charge >= 0.3 is 0 Å². The van der Waals surface area contributed by atoms with E-state index in [1.165, 1.54) is 25.0 Å². The van der Waals surface area contributed by atoms with Crippen LogP contribution in [0.15, 0.2) is 29.6 Å². The van der Waals surface area contributed by atoms with Gasteiger partial charge in [-0.15, -0.1) is 11.3 Å². The first-order valence-corrected chi connectivity index (χ1v) is 8.69. The molecule has 1 saturated carbocycles. The SMILES string of the molecule is OC(CNCc1csc(-c2ccc(F)cc2)n1)C1CCCC1. The molecule has 0 spiro atoms. The molecule has 1 atom stereocenters. The number of aliphatic hydroxyl groups is 1. The Balaban J connectivity index is 1.50. The van der Waals surface area contributed by atoms with E-state index in [9.17, 15) is 9.50 Å². The third-order valence-corrected chi connectivity index (χ3v) is 5.19. The Morgan fingerprint density at radius 3 is 2.73 bits per heavy atom. The van der Waals surface area contributed by atoms with E-state index in [0.29, 0.717) is 19.0 Å². The van der Waals surface area contributed by atoms with Gasteiger partial charge in [-0.3, -0.25) is 0 Å². The molecular formula is C17H21FN2OS. The third-order valence-electron chi connectivity index (χ3n) is 4.25. The summed E-state index contributed by atoms with van der Waals surface area (Å²) in [5.74, 6) is 0.223. The lowest BCUT2D eigenvalue weighted by Crippen LogP contribution is -2.31. The van der Waals surface area contributed by atoms with Crippen LogP contribution in [0.3, 0.4) is 0 Å². The molecular weight excluding hydrogens is 299 g/mol. The minimum absolute atomic E-state index is 0.233. The van der Waals surface area contributed by atoms with E-state index in [0.717, 1.165) is 29.1 Å². The van der Waals surface area contributed by atoms with Crippen molar-refractivity contribution in [1.29, 1.82) is 0 Å². The van der Waals surface area contributed by atoms with E-state index in [4.69, 9.17) is 0 Å². The van der Waals surface area contributed by atoms with Crippen molar-refractivity contribution in [1.82, 2.24) is 10.3 Å². The molecule has 0 bridgehead atoms. The van der Waals surface area contributed by atoms with Crippen molar-refractivity contribution < 1.29 is 9.50 Å². The van der Waals surface area contributed by atoms with E-state index in [1.54, 1.807) is 23.5 Å². The van der Waals surface area contributed by atoms with Crippen LogP contribution in [0.1, 0.15) is 31.4 Å². The van der Waals surface area contributed by atoms with Gasteiger partial charge in [0, 0.05) is 24.0 Å². The first kappa shape index (κ1) is 15.6. The summed E-state index contributed by atoms with van der Waals surface area (Å²) in [4.78, 5) is 4.56. The fourth-order valence-electron chi connectivity index (χ4n) is 2.97. The first-order valence-electron chi connectivity index (χ1n) is 7.81. The molecule has 5 heteroatoms. The molecule has 2 aromatic rings. The summed E-state index contributed by atoms with van der Waals surface area (Å²) in [5, 5.41) is 16.3. The van der Waals surface area contributed by atoms with E-state index >= 15 is 0 Å². The number of benzene rings is 1. The Morgan fingerprint density at radius 2 is 2.00 bits per heavy atom. The largest absolute Gasteiger partial charge is 0.392 e. The smallest absolute Gasteiger partial charge is 0.123 e. The number of nitrogens with one attached hydrogen (secondary N) is 1. The van der Waals surface area contributed by atoms with Gasteiger partial charge in [0.1, 0.15) is 10.8 Å². The quantitative estimate of drug-likeness (QED) is 0.855. The fraction of sp³-hybridized carbons (Fsp3) is 0.471. The number of rotatable bonds is 6. The summed E-state index contributed by atoms with van der Waals surface area (Å²) >= 11 is 1.56. The van der Waals surface area contributed by atoms with Gasteiger partial charge in [0.15, 0.2) is 0 Å². The average molecular weight is 320 g/mol. The van der Waals surface area contributed by atoms with Gasteiger partial charge in [0.05, 0.1) is 11.8 Å². The molecule has 0 saturated heterocycles. The number of halogens is 1. The maximum Gasteiger partial charge on any atom is 0.123 e. The first-order chi connectivity index (χ1) is 10.7. The van der Waals surface area contributed by atoms with Crippen LogP contribution >= 0.6 is 11.3 Å². The van der Waals surface area contributed by atoms with Gasteiger partial charge in [-0.25, -0.2) is 9.37 Å². The fourth-order valence-corrected chi connectivity index (χ4v) is 3.80. The Kier molecular flexibility index (Phi) is 5.18. The van der Waals surface area contributed by atoms with Crippen molar-refractivity contribution >= 4 is 11.3 Å².